The molecule has 0 spiro atoms. The molecule has 34 heavy (non-hydrogen) atoms. The second-order valence-corrected chi connectivity index (χ2v) is 8.00. The number of nitrogens with zero attached hydrogens (tertiary/aromatic N) is 4. The number of anilines is 1. The number of carbonyl (C=O) groups is 2. The van der Waals surface area contributed by atoms with Crippen LogP contribution in [-0.2, 0) is 11.3 Å². The van der Waals surface area contributed by atoms with Crippen molar-refractivity contribution in [3.05, 3.63) is 88.5 Å². The zero-order valence-electron chi connectivity index (χ0n) is 18.1. The molecular formula is C22H21FN6O4S. The number of nitro groups is 1. The highest BCUT2D eigenvalue weighted by Gasteiger charge is 2.21. The number of allylic oxidation sites excluding steroid dienone is 1. The van der Waals surface area contributed by atoms with Gasteiger partial charge >= 0.3 is 0 Å². The van der Waals surface area contributed by atoms with Gasteiger partial charge in [-0.25, -0.2) is 4.39 Å². The van der Waals surface area contributed by atoms with Gasteiger partial charge in [-0.3, -0.25) is 19.7 Å². The van der Waals surface area contributed by atoms with Crippen molar-refractivity contribution in [2.75, 3.05) is 11.1 Å². The van der Waals surface area contributed by atoms with Crippen molar-refractivity contribution in [3.8, 4) is 0 Å². The van der Waals surface area contributed by atoms with E-state index in [2.05, 4.69) is 27.4 Å². The molecule has 0 saturated carbocycles. The highest BCUT2D eigenvalue weighted by Crippen LogP contribution is 2.22. The first-order chi connectivity index (χ1) is 16.3. The average molecular weight is 485 g/mol. The number of halogens is 1. The Kier molecular flexibility index (Phi) is 8.09. The molecule has 0 aliphatic rings. The van der Waals surface area contributed by atoms with Crippen molar-refractivity contribution in [3.63, 3.8) is 0 Å². The minimum atomic E-state index is -0.630. The van der Waals surface area contributed by atoms with Gasteiger partial charge in [0.25, 0.3) is 11.6 Å². The molecule has 1 aromatic heterocycles. The van der Waals surface area contributed by atoms with Crippen molar-refractivity contribution in [1.82, 2.24) is 20.1 Å². The molecule has 176 valence electrons. The van der Waals surface area contributed by atoms with Crippen LogP contribution in [-0.4, -0.2) is 37.3 Å². The molecule has 12 heteroatoms. The fourth-order valence-corrected chi connectivity index (χ4v) is 3.76. The van der Waals surface area contributed by atoms with Crippen molar-refractivity contribution in [2.45, 2.75) is 24.7 Å². The number of nitro benzene ring substituents is 1. The van der Waals surface area contributed by atoms with Crippen molar-refractivity contribution >= 4 is 35.0 Å². The lowest BCUT2D eigenvalue weighted by Crippen LogP contribution is -2.29. The van der Waals surface area contributed by atoms with Gasteiger partial charge in [0.05, 0.1) is 22.3 Å². The molecule has 3 rings (SSSR count). The summed E-state index contributed by atoms with van der Waals surface area (Å²) in [6, 6.07) is 10.5. The van der Waals surface area contributed by atoms with Gasteiger partial charge in [0.15, 0.2) is 11.0 Å². The molecule has 0 saturated heterocycles. The number of rotatable bonds is 10. The number of carbonyl (C=O) groups excluding carboxylic acids is 2. The molecule has 0 aliphatic carbocycles. The predicted octanol–water partition coefficient (Wildman–Crippen LogP) is 3.73. The van der Waals surface area contributed by atoms with E-state index in [1.165, 1.54) is 42.5 Å². The Morgan fingerprint density at radius 1 is 1.24 bits per heavy atom. The molecule has 10 nitrogen and oxygen atoms in total. The Morgan fingerprint density at radius 2 is 1.94 bits per heavy atom. The summed E-state index contributed by atoms with van der Waals surface area (Å²) in [5.74, 6) is -1.13. The lowest BCUT2D eigenvalue weighted by Gasteiger charge is -2.15. The summed E-state index contributed by atoms with van der Waals surface area (Å²) in [5, 5.41) is 24.8. The standard InChI is InChI=1S/C22H21FN6O4S/c1-3-12-28-20(14(2)24-21(31)17-6-4-5-7-18(17)23)26-27-22(28)34-13-19(30)25-15-8-10-16(11-9-15)29(32)33/h3-11,14H,1,12-13H2,2H3,(H,24,31)(H,25,30). The van der Waals surface area contributed by atoms with Crippen molar-refractivity contribution in [1.29, 1.82) is 0 Å². The van der Waals surface area contributed by atoms with Crippen LogP contribution in [0.5, 0.6) is 0 Å². The molecule has 2 aromatic carbocycles. The zero-order valence-corrected chi connectivity index (χ0v) is 18.9. The number of amides is 2. The lowest BCUT2D eigenvalue weighted by atomic mass is 10.2. The number of thioether (sulfide) groups is 1. The first-order valence-corrected chi connectivity index (χ1v) is 11.0. The third kappa shape index (κ3) is 6.04. The van der Waals surface area contributed by atoms with Gasteiger partial charge in [-0.15, -0.1) is 16.8 Å². The van der Waals surface area contributed by atoms with Gasteiger partial charge in [-0.1, -0.05) is 30.0 Å². The quantitative estimate of drug-likeness (QED) is 0.194. The largest absolute Gasteiger partial charge is 0.342 e. The highest BCUT2D eigenvalue weighted by molar-refractivity contribution is 7.99. The van der Waals surface area contributed by atoms with Crippen LogP contribution >= 0.6 is 11.8 Å². The number of benzene rings is 2. The van der Waals surface area contributed by atoms with Crippen LogP contribution in [0.4, 0.5) is 15.8 Å². The summed E-state index contributed by atoms with van der Waals surface area (Å²) in [7, 11) is 0. The fourth-order valence-electron chi connectivity index (χ4n) is 3.01. The monoisotopic (exact) mass is 484 g/mol. The van der Waals surface area contributed by atoms with E-state index in [1.807, 2.05) is 0 Å². The fraction of sp³-hybridized carbons (Fsp3) is 0.182. The van der Waals surface area contributed by atoms with Crippen LogP contribution in [0.3, 0.4) is 0 Å². The minimum absolute atomic E-state index is 0.00221. The van der Waals surface area contributed by atoms with E-state index in [4.69, 9.17) is 0 Å². The summed E-state index contributed by atoms with van der Waals surface area (Å²) < 4.78 is 15.6. The van der Waals surface area contributed by atoms with E-state index in [-0.39, 0.29) is 22.9 Å². The maximum absolute atomic E-state index is 13.9. The molecule has 1 heterocycles. The molecule has 1 atom stereocenters. The first-order valence-electron chi connectivity index (χ1n) is 10.1. The minimum Gasteiger partial charge on any atom is -0.342 e. The zero-order chi connectivity index (χ0) is 24.7. The average Bonchev–Trinajstić information content (AvgIpc) is 3.21. The summed E-state index contributed by atoms with van der Waals surface area (Å²) in [6.45, 7) is 5.74. The maximum Gasteiger partial charge on any atom is 0.269 e. The first kappa shape index (κ1) is 24.6. The number of nitrogens with one attached hydrogen (secondary N) is 2. The van der Waals surface area contributed by atoms with Gasteiger partial charge in [-0.05, 0) is 31.2 Å². The van der Waals surface area contributed by atoms with E-state index in [0.717, 1.165) is 11.8 Å². The number of hydrogen-bond acceptors (Lipinski definition) is 7. The third-order valence-electron chi connectivity index (χ3n) is 4.60. The Bertz CT molecular complexity index is 1210. The number of aromatic nitrogens is 3. The lowest BCUT2D eigenvalue weighted by molar-refractivity contribution is -0.384. The molecule has 1 unspecified atom stereocenters. The predicted molar refractivity (Wildman–Crippen MR) is 125 cm³/mol. The highest BCUT2D eigenvalue weighted by atomic mass is 32.2. The van der Waals surface area contributed by atoms with Crippen LogP contribution in [0.2, 0.25) is 0 Å². The van der Waals surface area contributed by atoms with E-state index >= 15 is 0 Å². The van der Waals surface area contributed by atoms with E-state index in [1.54, 1.807) is 23.6 Å². The summed E-state index contributed by atoms with van der Waals surface area (Å²) >= 11 is 1.13. The second-order valence-electron chi connectivity index (χ2n) is 7.06. The summed E-state index contributed by atoms with van der Waals surface area (Å²) in [4.78, 5) is 35.0. The molecule has 2 amide bonds. The SMILES string of the molecule is C=CCn1c(SCC(=O)Nc2ccc([N+](=O)[O-])cc2)nnc1C(C)NC(=O)c1ccccc1F. The van der Waals surface area contributed by atoms with Crippen molar-refractivity contribution in [2.24, 2.45) is 0 Å². The van der Waals surface area contributed by atoms with Gasteiger partial charge in [0.2, 0.25) is 5.91 Å². The Labute approximate surface area is 198 Å². The maximum atomic E-state index is 13.9. The smallest absolute Gasteiger partial charge is 0.269 e. The van der Waals surface area contributed by atoms with E-state index < -0.39 is 22.7 Å². The van der Waals surface area contributed by atoms with Crippen LogP contribution in [0, 0.1) is 15.9 Å². The molecule has 0 aliphatic heterocycles. The summed E-state index contributed by atoms with van der Waals surface area (Å²) in [5.41, 5.74) is 0.268. The topological polar surface area (TPSA) is 132 Å². The normalized spacial score (nSPS) is 11.5. The molecule has 2 N–H and O–H groups in total. The Hall–Kier alpha value is -4.06. The molecule has 0 bridgehead atoms. The van der Waals surface area contributed by atoms with Crippen LogP contribution < -0.4 is 10.6 Å². The van der Waals surface area contributed by atoms with Gasteiger partial charge < -0.3 is 15.2 Å². The third-order valence-corrected chi connectivity index (χ3v) is 5.57. The van der Waals surface area contributed by atoms with Gasteiger partial charge in [-0.2, -0.15) is 0 Å². The van der Waals surface area contributed by atoms with Crippen molar-refractivity contribution < 1.29 is 18.9 Å². The number of hydrogen-bond donors (Lipinski definition) is 2. The van der Waals surface area contributed by atoms with E-state index in [0.29, 0.717) is 23.2 Å². The Morgan fingerprint density at radius 3 is 2.59 bits per heavy atom. The molecule has 0 radical (unpaired) electrons. The van der Waals surface area contributed by atoms with Crippen LogP contribution in [0.15, 0.2) is 66.3 Å². The number of non-ortho nitro benzene ring substituents is 1. The molecular weight excluding hydrogens is 463 g/mol. The summed E-state index contributed by atoms with van der Waals surface area (Å²) in [6.07, 6.45) is 1.62. The van der Waals surface area contributed by atoms with Crippen LogP contribution in [0.25, 0.3) is 0 Å². The Balaban J connectivity index is 1.65. The van der Waals surface area contributed by atoms with Gasteiger partial charge in [0, 0.05) is 24.4 Å². The molecule has 0 fully saturated rings. The van der Waals surface area contributed by atoms with Gasteiger partial charge in [0.1, 0.15) is 5.82 Å². The molecule has 3 aromatic rings. The van der Waals surface area contributed by atoms with E-state index in [9.17, 15) is 24.1 Å². The second kappa shape index (κ2) is 11.2. The van der Waals surface area contributed by atoms with Crippen LogP contribution in [0.1, 0.15) is 29.1 Å².